The predicted octanol–water partition coefficient (Wildman–Crippen LogP) is 3.13. The summed E-state index contributed by atoms with van der Waals surface area (Å²) in [5.74, 6) is -0.746. The van der Waals surface area contributed by atoms with E-state index in [1.54, 1.807) is 0 Å². The molecule has 1 aromatic heterocycles. The summed E-state index contributed by atoms with van der Waals surface area (Å²) in [6.07, 6.45) is 2.69. The number of rotatable bonds is 2. The number of nitrogens with zero attached hydrogens (tertiary/aromatic N) is 2. The highest BCUT2D eigenvalue weighted by atomic mass is 32.1. The molecule has 1 N–H and O–H groups in total. The second-order valence-electron chi connectivity index (χ2n) is 5.19. The number of hydrogen-bond donors (Lipinski definition) is 1. The lowest BCUT2D eigenvalue weighted by Gasteiger charge is -2.42. The Morgan fingerprint density at radius 3 is 3.00 bits per heavy atom. The molecule has 2 aromatic rings. The first-order valence-corrected chi connectivity index (χ1v) is 7.26. The summed E-state index contributed by atoms with van der Waals surface area (Å²) in [6, 6.07) is 7.92. The molecule has 0 radical (unpaired) electrons. The molecular weight excluding hydrogens is 260 g/mol. The molecule has 1 aliphatic heterocycles. The van der Waals surface area contributed by atoms with Gasteiger partial charge in [0.05, 0.1) is 5.52 Å². The fourth-order valence-corrected chi connectivity index (χ4v) is 3.75. The highest BCUT2D eigenvalue weighted by molar-refractivity contribution is 7.11. The number of carboxylic acid groups (broad SMARTS) is 1. The van der Waals surface area contributed by atoms with E-state index in [2.05, 4.69) is 4.37 Å². The number of aliphatic carboxylic acids is 1. The van der Waals surface area contributed by atoms with Gasteiger partial charge in [-0.25, -0.2) is 4.79 Å². The molecular formula is C14H16N2O2S. The highest BCUT2D eigenvalue weighted by Crippen LogP contribution is 2.39. The normalized spacial score (nSPS) is 23.7. The van der Waals surface area contributed by atoms with Crippen molar-refractivity contribution < 1.29 is 9.90 Å². The van der Waals surface area contributed by atoms with Gasteiger partial charge in [0.2, 0.25) is 0 Å². The first kappa shape index (κ1) is 12.4. The van der Waals surface area contributed by atoms with E-state index in [9.17, 15) is 9.90 Å². The Bertz CT molecular complexity index is 625. The average Bonchev–Trinajstić information content (AvgIpc) is 2.83. The number of anilines is 1. The Morgan fingerprint density at radius 1 is 1.42 bits per heavy atom. The van der Waals surface area contributed by atoms with Crippen molar-refractivity contribution in [2.75, 3.05) is 11.4 Å². The number of hydrogen-bond acceptors (Lipinski definition) is 4. The van der Waals surface area contributed by atoms with Crippen molar-refractivity contribution in [1.29, 1.82) is 0 Å². The second kappa shape index (κ2) is 4.49. The lowest BCUT2D eigenvalue weighted by atomic mass is 9.88. The molecule has 4 nitrogen and oxygen atoms in total. The fraction of sp³-hybridized carbons (Fsp3) is 0.429. The van der Waals surface area contributed by atoms with Crippen LogP contribution in [0, 0.1) is 0 Å². The van der Waals surface area contributed by atoms with Crippen LogP contribution < -0.4 is 4.90 Å². The summed E-state index contributed by atoms with van der Waals surface area (Å²) >= 11 is 1.40. The lowest BCUT2D eigenvalue weighted by molar-refractivity contribution is -0.143. The fourth-order valence-electron chi connectivity index (χ4n) is 2.74. The minimum Gasteiger partial charge on any atom is -0.480 e. The zero-order valence-corrected chi connectivity index (χ0v) is 11.6. The van der Waals surface area contributed by atoms with Crippen molar-refractivity contribution in [2.24, 2.45) is 0 Å². The van der Waals surface area contributed by atoms with Crippen LogP contribution in [0.5, 0.6) is 0 Å². The molecule has 1 aliphatic rings. The Morgan fingerprint density at radius 2 is 2.21 bits per heavy atom. The van der Waals surface area contributed by atoms with E-state index in [0.717, 1.165) is 35.3 Å². The average molecular weight is 276 g/mol. The van der Waals surface area contributed by atoms with E-state index < -0.39 is 11.5 Å². The maximum Gasteiger partial charge on any atom is 0.329 e. The van der Waals surface area contributed by atoms with Crippen LogP contribution in [0.3, 0.4) is 0 Å². The topological polar surface area (TPSA) is 53.4 Å². The lowest BCUT2D eigenvalue weighted by Crippen LogP contribution is -2.55. The quantitative estimate of drug-likeness (QED) is 0.915. The van der Waals surface area contributed by atoms with Crippen LogP contribution in [-0.4, -0.2) is 27.5 Å². The number of aromatic nitrogens is 1. The van der Waals surface area contributed by atoms with Gasteiger partial charge in [0.1, 0.15) is 10.5 Å². The van der Waals surface area contributed by atoms with Gasteiger partial charge in [0, 0.05) is 11.9 Å². The molecule has 0 spiro atoms. The van der Waals surface area contributed by atoms with Crippen molar-refractivity contribution in [3.63, 3.8) is 0 Å². The van der Waals surface area contributed by atoms with Crippen molar-refractivity contribution >= 4 is 33.4 Å². The van der Waals surface area contributed by atoms with Gasteiger partial charge in [0.25, 0.3) is 0 Å². The third kappa shape index (κ3) is 1.89. The number of carboxylic acids is 1. The molecule has 0 bridgehead atoms. The van der Waals surface area contributed by atoms with Crippen LogP contribution in [0.25, 0.3) is 10.9 Å². The van der Waals surface area contributed by atoms with E-state index in [4.69, 9.17) is 0 Å². The van der Waals surface area contributed by atoms with E-state index >= 15 is 0 Å². The van der Waals surface area contributed by atoms with Crippen LogP contribution in [0.2, 0.25) is 0 Å². The van der Waals surface area contributed by atoms with Crippen molar-refractivity contribution in [3.8, 4) is 0 Å². The second-order valence-corrected chi connectivity index (χ2v) is 5.94. The van der Waals surface area contributed by atoms with Crippen LogP contribution >= 0.6 is 11.5 Å². The molecule has 1 aromatic carbocycles. The Balaban J connectivity index is 2.11. The minimum atomic E-state index is -0.812. The van der Waals surface area contributed by atoms with Gasteiger partial charge in [-0.2, -0.15) is 4.37 Å². The third-order valence-electron chi connectivity index (χ3n) is 3.96. The van der Waals surface area contributed by atoms with Crippen LogP contribution in [-0.2, 0) is 4.79 Å². The molecule has 0 aliphatic carbocycles. The summed E-state index contributed by atoms with van der Waals surface area (Å²) in [6.45, 7) is 2.61. The molecule has 1 fully saturated rings. The molecule has 19 heavy (non-hydrogen) atoms. The molecule has 1 unspecified atom stereocenters. The molecule has 1 saturated heterocycles. The highest BCUT2D eigenvalue weighted by Gasteiger charge is 2.42. The van der Waals surface area contributed by atoms with E-state index in [1.807, 2.05) is 36.1 Å². The molecule has 0 amide bonds. The van der Waals surface area contributed by atoms with Gasteiger partial charge in [-0.15, -0.1) is 0 Å². The molecule has 0 saturated carbocycles. The Hall–Kier alpha value is -1.62. The summed E-state index contributed by atoms with van der Waals surface area (Å²) in [7, 11) is 0. The summed E-state index contributed by atoms with van der Waals surface area (Å²) in [4.78, 5) is 13.7. The van der Waals surface area contributed by atoms with Gasteiger partial charge >= 0.3 is 5.97 Å². The van der Waals surface area contributed by atoms with Gasteiger partial charge in [0.15, 0.2) is 0 Å². The molecule has 5 heteroatoms. The molecule has 2 heterocycles. The maximum atomic E-state index is 11.7. The van der Waals surface area contributed by atoms with E-state index in [1.165, 1.54) is 11.5 Å². The largest absolute Gasteiger partial charge is 0.480 e. The zero-order chi connectivity index (χ0) is 13.5. The first-order valence-electron chi connectivity index (χ1n) is 6.48. The summed E-state index contributed by atoms with van der Waals surface area (Å²) in [5, 5.41) is 11.6. The predicted molar refractivity (Wildman–Crippen MR) is 76.9 cm³/mol. The van der Waals surface area contributed by atoms with Gasteiger partial charge in [-0.1, -0.05) is 12.1 Å². The van der Waals surface area contributed by atoms with Gasteiger partial charge in [-0.05, 0) is 49.9 Å². The van der Waals surface area contributed by atoms with E-state index in [0.29, 0.717) is 6.42 Å². The number of carbonyl (C=O) groups is 1. The van der Waals surface area contributed by atoms with Crippen LogP contribution in [0.4, 0.5) is 5.00 Å². The van der Waals surface area contributed by atoms with Crippen molar-refractivity contribution in [2.45, 2.75) is 31.7 Å². The molecule has 1 atom stereocenters. The van der Waals surface area contributed by atoms with Gasteiger partial charge in [-0.3, -0.25) is 0 Å². The van der Waals surface area contributed by atoms with Crippen LogP contribution in [0.15, 0.2) is 24.3 Å². The smallest absolute Gasteiger partial charge is 0.329 e. The first-order chi connectivity index (χ1) is 9.13. The van der Waals surface area contributed by atoms with Crippen molar-refractivity contribution in [3.05, 3.63) is 24.3 Å². The number of piperidine rings is 1. The summed E-state index contributed by atoms with van der Waals surface area (Å²) in [5.41, 5.74) is 0.133. The summed E-state index contributed by atoms with van der Waals surface area (Å²) < 4.78 is 4.43. The Labute approximate surface area is 115 Å². The third-order valence-corrected chi connectivity index (χ3v) is 4.86. The van der Waals surface area contributed by atoms with Crippen LogP contribution in [0.1, 0.15) is 26.2 Å². The van der Waals surface area contributed by atoms with E-state index in [-0.39, 0.29) is 0 Å². The monoisotopic (exact) mass is 276 g/mol. The Kier molecular flexibility index (Phi) is 2.93. The standard InChI is InChI=1S/C14H16N2O2S/c1-14(13(17)18)8-4-5-9-16(14)12-10-6-2-3-7-11(10)15-19-12/h2-3,6-7H,4-5,8-9H2,1H3,(H,17,18). The molecule has 100 valence electrons. The molecule has 3 rings (SSSR count). The SMILES string of the molecule is CC1(C(=O)O)CCCCN1c1snc2ccccc12. The zero-order valence-electron chi connectivity index (χ0n) is 10.8. The van der Waals surface area contributed by atoms with Gasteiger partial charge < -0.3 is 10.0 Å². The minimum absolute atomic E-state index is 0.689. The number of benzene rings is 1. The van der Waals surface area contributed by atoms with Crippen molar-refractivity contribution in [1.82, 2.24) is 4.37 Å². The number of fused-ring (bicyclic) bond motifs is 1. The maximum absolute atomic E-state index is 11.7.